The Morgan fingerprint density at radius 3 is 1.78 bits per heavy atom. The second-order valence-corrected chi connectivity index (χ2v) is 6.76. The molecular formula is C20H43NO2. The first kappa shape index (κ1) is 22.9. The molecular weight excluding hydrogens is 286 g/mol. The van der Waals surface area contributed by atoms with Gasteiger partial charge in [0.2, 0.25) is 0 Å². The molecule has 23 heavy (non-hydrogen) atoms. The zero-order valence-corrected chi connectivity index (χ0v) is 16.2. The maximum absolute atomic E-state index is 5.69. The lowest BCUT2D eigenvalue weighted by molar-refractivity contribution is -0.326. The molecule has 1 atom stereocenters. The first-order chi connectivity index (χ1) is 11.3. The summed E-state index contributed by atoms with van der Waals surface area (Å²) in [7, 11) is 1.97. The third-order valence-corrected chi connectivity index (χ3v) is 4.37. The van der Waals surface area contributed by atoms with Crippen LogP contribution >= 0.6 is 0 Å². The topological polar surface area (TPSA) is 30.5 Å². The Bertz CT molecular complexity index is 212. The van der Waals surface area contributed by atoms with Crippen molar-refractivity contribution >= 4 is 0 Å². The summed E-state index contributed by atoms with van der Waals surface area (Å²) in [6.45, 7) is 6.22. The molecule has 0 fully saturated rings. The van der Waals surface area contributed by atoms with Crippen molar-refractivity contribution in [2.75, 3.05) is 20.2 Å². The van der Waals surface area contributed by atoms with Gasteiger partial charge in [0.05, 0.1) is 12.7 Å². The highest BCUT2D eigenvalue weighted by molar-refractivity contribution is 4.58. The van der Waals surface area contributed by atoms with Crippen LogP contribution in [0.3, 0.4) is 0 Å². The predicted molar refractivity (Wildman–Crippen MR) is 101 cm³/mol. The van der Waals surface area contributed by atoms with Gasteiger partial charge in [0.15, 0.2) is 0 Å². The number of hydrogen-bond donors (Lipinski definition) is 1. The molecule has 0 aromatic rings. The van der Waals surface area contributed by atoms with Crippen LogP contribution < -0.4 is 5.32 Å². The number of nitrogens with one attached hydrogen (secondary N) is 1. The van der Waals surface area contributed by atoms with Crippen LogP contribution in [0.1, 0.15) is 104 Å². The number of rotatable bonds is 19. The fourth-order valence-corrected chi connectivity index (χ4v) is 2.82. The highest BCUT2D eigenvalue weighted by Crippen LogP contribution is 2.16. The molecule has 0 bridgehead atoms. The van der Waals surface area contributed by atoms with Crippen molar-refractivity contribution in [3.8, 4) is 0 Å². The smallest absolute Gasteiger partial charge is 0.0930 e. The molecule has 0 spiro atoms. The summed E-state index contributed by atoms with van der Waals surface area (Å²) < 4.78 is 0. The van der Waals surface area contributed by atoms with Crippen LogP contribution in [0.5, 0.6) is 0 Å². The molecule has 0 aromatic carbocycles. The van der Waals surface area contributed by atoms with Crippen LogP contribution in [-0.2, 0) is 9.78 Å². The summed E-state index contributed by atoms with van der Waals surface area (Å²) in [5, 5.41) is 3.13. The van der Waals surface area contributed by atoms with Gasteiger partial charge in [-0.15, -0.1) is 0 Å². The lowest BCUT2D eigenvalue weighted by Gasteiger charge is -2.16. The maximum atomic E-state index is 5.69. The van der Waals surface area contributed by atoms with E-state index in [-0.39, 0.29) is 0 Å². The summed E-state index contributed by atoms with van der Waals surface area (Å²) in [6.07, 6.45) is 18.4. The predicted octanol–water partition coefficient (Wildman–Crippen LogP) is 6.02. The highest BCUT2D eigenvalue weighted by atomic mass is 17.2. The molecule has 1 N–H and O–H groups in total. The quantitative estimate of drug-likeness (QED) is 0.178. The van der Waals surface area contributed by atoms with Gasteiger partial charge in [-0.2, -0.15) is 0 Å². The third kappa shape index (κ3) is 18.1. The summed E-state index contributed by atoms with van der Waals surface area (Å²) in [6, 6.07) is 0. The third-order valence-electron chi connectivity index (χ3n) is 4.37. The average Bonchev–Trinajstić information content (AvgIpc) is 2.57. The van der Waals surface area contributed by atoms with Crippen LogP contribution in [-0.4, -0.2) is 26.3 Å². The second kappa shape index (κ2) is 19.9. The van der Waals surface area contributed by atoms with E-state index in [4.69, 9.17) is 9.78 Å². The van der Waals surface area contributed by atoms with Crippen molar-refractivity contribution in [2.45, 2.75) is 110 Å². The van der Waals surface area contributed by atoms with Gasteiger partial charge < -0.3 is 5.32 Å². The number of unbranched alkanes of at least 4 members (excludes halogenated alkanes) is 9. The molecule has 0 aliphatic carbocycles. The molecule has 0 rings (SSSR count). The van der Waals surface area contributed by atoms with Crippen molar-refractivity contribution in [2.24, 2.45) is 0 Å². The molecule has 0 amide bonds. The van der Waals surface area contributed by atoms with Crippen LogP contribution in [0.25, 0.3) is 0 Å². The van der Waals surface area contributed by atoms with Crippen LogP contribution in [0, 0.1) is 0 Å². The minimum atomic E-state index is 0.303. The van der Waals surface area contributed by atoms with Gasteiger partial charge in [0, 0.05) is 0 Å². The van der Waals surface area contributed by atoms with Gasteiger partial charge >= 0.3 is 0 Å². The average molecular weight is 330 g/mol. The summed E-state index contributed by atoms with van der Waals surface area (Å²) >= 11 is 0. The van der Waals surface area contributed by atoms with E-state index in [2.05, 4.69) is 19.2 Å². The first-order valence-electron chi connectivity index (χ1n) is 10.3. The zero-order chi connectivity index (χ0) is 17.0. The molecule has 0 aromatic heterocycles. The molecule has 3 heteroatoms. The van der Waals surface area contributed by atoms with E-state index in [0.717, 1.165) is 25.8 Å². The summed E-state index contributed by atoms with van der Waals surface area (Å²) in [5.41, 5.74) is 0. The molecule has 0 saturated carbocycles. The SMILES string of the molecule is CCCCCCCCCC(CCCCCC)OOCCCNC. The van der Waals surface area contributed by atoms with Crippen molar-refractivity contribution in [3.05, 3.63) is 0 Å². The van der Waals surface area contributed by atoms with Gasteiger partial charge in [0.1, 0.15) is 0 Å². The Morgan fingerprint density at radius 1 is 0.696 bits per heavy atom. The minimum absolute atomic E-state index is 0.303. The van der Waals surface area contributed by atoms with Crippen LogP contribution in [0.4, 0.5) is 0 Å². The minimum Gasteiger partial charge on any atom is -0.320 e. The lowest BCUT2D eigenvalue weighted by Crippen LogP contribution is -2.16. The largest absolute Gasteiger partial charge is 0.320 e. The van der Waals surface area contributed by atoms with Gasteiger partial charge in [-0.05, 0) is 32.9 Å². The first-order valence-corrected chi connectivity index (χ1v) is 10.3. The molecule has 0 radical (unpaired) electrons. The normalized spacial score (nSPS) is 12.7. The Labute approximate surface area is 145 Å². The van der Waals surface area contributed by atoms with Crippen molar-refractivity contribution in [1.29, 1.82) is 0 Å². The molecule has 140 valence electrons. The van der Waals surface area contributed by atoms with Crippen LogP contribution in [0.2, 0.25) is 0 Å². The van der Waals surface area contributed by atoms with E-state index in [9.17, 15) is 0 Å². The van der Waals surface area contributed by atoms with Gasteiger partial charge in [-0.3, -0.25) is 0 Å². The molecule has 0 aliphatic rings. The van der Waals surface area contributed by atoms with Crippen molar-refractivity contribution in [1.82, 2.24) is 5.32 Å². The molecule has 0 aliphatic heterocycles. The molecule has 0 saturated heterocycles. The van der Waals surface area contributed by atoms with Crippen LogP contribution in [0.15, 0.2) is 0 Å². The zero-order valence-electron chi connectivity index (χ0n) is 16.2. The fourth-order valence-electron chi connectivity index (χ4n) is 2.82. The number of hydrogen-bond acceptors (Lipinski definition) is 3. The monoisotopic (exact) mass is 329 g/mol. The standard InChI is InChI=1S/C20H43NO2/c1-4-6-8-10-11-12-14-17-20(16-13-9-7-5-2)23-22-19-15-18-21-3/h20-21H,4-19H2,1-3H3. The molecule has 1 unspecified atom stereocenters. The lowest BCUT2D eigenvalue weighted by atomic mass is 10.0. The van der Waals surface area contributed by atoms with Gasteiger partial charge in [-0.1, -0.05) is 84.5 Å². The van der Waals surface area contributed by atoms with Gasteiger partial charge in [0.25, 0.3) is 0 Å². The molecule has 0 heterocycles. The van der Waals surface area contributed by atoms with Gasteiger partial charge in [-0.25, -0.2) is 9.78 Å². The van der Waals surface area contributed by atoms with Crippen molar-refractivity contribution in [3.63, 3.8) is 0 Å². The summed E-state index contributed by atoms with van der Waals surface area (Å²) in [4.78, 5) is 11.1. The highest BCUT2D eigenvalue weighted by Gasteiger charge is 2.10. The van der Waals surface area contributed by atoms with E-state index in [0.29, 0.717) is 12.7 Å². The van der Waals surface area contributed by atoms with E-state index in [1.54, 1.807) is 0 Å². The van der Waals surface area contributed by atoms with E-state index >= 15 is 0 Å². The Morgan fingerprint density at radius 2 is 1.22 bits per heavy atom. The Balaban J connectivity index is 3.69. The second-order valence-electron chi connectivity index (χ2n) is 6.76. The Kier molecular flexibility index (Phi) is 19.8. The maximum Gasteiger partial charge on any atom is 0.0930 e. The summed E-state index contributed by atoms with van der Waals surface area (Å²) in [5.74, 6) is 0. The Hall–Kier alpha value is -0.120. The van der Waals surface area contributed by atoms with E-state index in [1.165, 1.54) is 70.6 Å². The van der Waals surface area contributed by atoms with E-state index < -0.39 is 0 Å². The van der Waals surface area contributed by atoms with E-state index in [1.807, 2.05) is 7.05 Å². The fraction of sp³-hybridized carbons (Fsp3) is 1.00. The molecule has 3 nitrogen and oxygen atoms in total. The van der Waals surface area contributed by atoms with Crippen molar-refractivity contribution < 1.29 is 9.78 Å².